The molecule has 1 aromatic heterocycles. The van der Waals surface area contributed by atoms with Crippen LogP contribution < -0.4 is 0 Å². The normalized spacial score (nSPS) is 20.3. The van der Waals surface area contributed by atoms with Crippen LogP contribution in [0.2, 0.25) is 0 Å². The van der Waals surface area contributed by atoms with Crippen molar-refractivity contribution in [2.45, 2.75) is 64.6 Å². The largest absolute Gasteiger partial charge is 0.494 e. The van der Waals surface area contributed by atoms with Crippen molar-refractivity contribution in [1.82, 2.24) is 4.57 Å². The van der Waals surface area contributed by atoms with E-state index >= 15 is 0 Å². The minimum absolute atomic E-state index is 0.0259. The number of nitrogens with zero attached hydrogens (tertiary/aromatic N) is 1. The van der Waals surface area contributed by atoms with Gasteiger partial charge in [0, 0.05) is 0 Å². The third-order valence-electron chi connectivity index (χ3n) is 5.79. The molecule has 2 aliphatic rings. The smallest absolute Gasteiger partial charge is 0.322 e. The zero-order chi connectivity index (χ0) is 26.3. The van der Waals surface area contributed by atoms with Gasteiger partial charge in [0.15, 0.2) is 0 Å². The fraction of sp³-hybridized carbons (Fsp3) is 0.625. The van der Waals surface area contributed by atoms with Gasteiger partial charge >= 0.3 is 17.9 Å². The minimum atomic E-state index is -1.48. The molecule has 3 heterocycles. The number of fused-ring (bicyclic) bond motifs is 5. The van der Waals surface area contributed by atoms with Crippen LogP contribution in [0.15, 0.2) is 12.2 Å². The van der Waals surface area contributed by atoms with Crippen LogP contribution in [0, 0.1) is 10.8 Å². The van der Waals surface area contributed by atoms with E-state index in [1.165, 1.54) is 11.5 Å². The molecule has 0 saturated heterocycles. The van der Waals surface area contributed by atoms with E-state index in [1.54, 1.807) is 46.8 Å². The SMILES string of the molecule is CC(C)(C)C(=O)OCC(C)(COC(=O)C(C)(C)Br)C(=O)OCCn1c(O)c2c(c1O)C1C=CC2O1. The number of carbonyl (C=O) groups is 3. The van der Waals surface area contributed by atoms with E-state index in [-0.39, 0.29) is 38.1 Å². The standard InChI is InChI=1S/C24H32BrNO9/c1-22(2,3)19(29)33-11-24(6,12-34-20(30)23(4,5)25)21(31)32-10-9-26-17(27)15-13-7-8-14(35-13)16(15)18(26)28/h7-8,13-14,27-28H,9-12H2,1-6H3. The van der Waals surface area contributed by atoms with Crippen LogP contribution in [0.4, 0.5) is 0 Å². The Morgan fingerprint density at radius 2 is 1.37 bits per heavy atom. The number of ether oxygens (including phenoxy) is 4. The third kappa shape index (κ3) is 5.50. The van der Waals surface area contributed by atoms with Gasteiger partial charge in [0.25, 0.3) is 0 Å². The first-order valence-electron chi connectivity index (χ1n) is 11.2. The Hall–Kier alpha value is -2.53. The molecule has 11 heteroatoms. The van der Waals surface area contributed by atoms with E-state index in [4.69, 9.17) is 18.9 Å². The molecule has 0 spiro atoms. The number of aromatic hydroxyl groups is 2. The highest BCUT2D eigenvalue weighted by atomic mass is 79.9. The molecule has 2 bridgehead atoms. The molecule has 0 radical (unpaired) electrons. The summed E-state index contributed by atoms with van der Waals surface area (Å²) in [5, 5.41) is 21.1. The summed E-state index contributed by atoms with van der Waals surface area (Å²) < 4.78 is 21.9. The Morgan fingerprint density at radius 1 is 0.886 bits per heavy atom. The Bertz CT molecular complexity index is 979. The summed E-state index contributed by atoms with van der Waals surface area (Å²) >= 11 is 3.21. The molecule has 0 aliphatic carbocycles. The van der Waals surface area contributed by atoms with E-state index in [9.17, 15) is 24.6 Å². The van der Waals surface area contributed by atoms with Crippen LogP contribution in [0.25, 0.3) is 0 Å². The number of hydrogen-bond acceptors (Lipinski definition) is 9. The second-order valence-electron chi connectivity index (χ2n) is 10.6. The highest BCUT2D eigenvalue weighted by Crippen LogP contribution is 2.54. The first-order chi connectivity index (χ1) is 16.1. The number of esters is 3. The van der Waals surface area contributed by atoms with Crippen molar-refractivity contribution in [1.29, 1.82) is 0 Å². The van der Waals surface area contributed by atoms with Gasteiger partial charge in [-0.3, -0.25) is 19.0 Å². The molecule has 3 atom stereocenters. The van der Waals surface area contributed by atoms with Crippen LogP contribution in [-0.4, -0.2) is 56.8 Å². The van der Waals surface area contributed by atoms with E-state index in [1.807, 2.05) is 0 Å². The summed E-state index contributed by atoms with van der Waals surface area (Å²) in [7, 11) is 0. The molecule has 3 unspecified atom stereocenters. The highest BCUT2D eigenvalue weighted by molar-refractivity contribution is 9.10. The van der Waals surface area contributed by atoms with Gasteiger partial charge in [0.2, 0.25) is 11.8 Å². The number of aromatic nitrogens is 1. The summed E-state index contributed by atoms with van der Waals surface area (Å²) in [4.78, 5) is 37.5. The lowest BCUT2D eigenvalue weighted by atomic mass is 9.92. The average molecular weight is 558 g/mol. The average Bonchev–Trinajstić information content (AvgIpc) is 3.44. The predicted octanol–water partition coefficient (Wildman–Crippen LogP) is 3.44. The molecule has 1 aromatic rings. The lowest BCUT2D eigenvalue weighted by molar-refractivity contribution is -0.173. The van der Waals surface area contributed by atoms with Crippen molar-refractivity contribution < 1.29 is 43.5 Å². The van der Waals surface area contributed by atoms with Gasteiger partial charge < -0.3 is 29.2 Å². The van der Waals surface area contributed by atoms with E-state index in [0.717, 1.165) is 0 Å². The second kappa shape index (κ2) is 9.50. The van der Waals surface area contributed by atoms with Gasteiger partial charge in [-0.25, -0.2) is 0 Å². The van der Waals surface area contributed by atoms with Crippen LogP contribution in [-0.2, 0) is 39.9 Å². The molecule has 0 fully saturated rings. The Balaban J connectivity index is 1.67. The third-order valence-corrected chi connectivity index (χ3v) is 6.11. The number of hydrogen-bond donors (Lipinski definition) is 2. The zero-order valence-corrected chi connectivity index (χ0v) is 22.3. The summed E-state index contributed by atoms with van der Waals surface area (Å²) in [6.07, 6.45) is 2.77. The van der Waals surface area contributed by atoms with Crippen molar-refractivity contribution >= 4 is 33.8 Å². The van der Waals surface area contributed by atoms with Crippen LogP contribution in [0.1, 0.15) is 64.9 Å². The predicted molar refractivity (Wildman–Crippen MR) is 127 cm³/mol. The summed E-state index contributed by atoms with van der Waals surface area (Å²) in [6, 6.07) is 0. The van der Waals surface area contributed by atoms with Gasteiger partial charge in [0.05, 0.1) is 23.1 Å². The van der Waals surface area contributed by atoms with Gasteiger partial charge in [-0.2, -0.15) is 0 Å². The topological polar surface area (TPSA) is 134 Å². The second-order valence-corrected chi connectivity index (χ2v) is 12.5. The van der Waals surface area contributed by atoms with Crippen molar-refractivity contribution in [2.75, 3.05) is 19.8 Å². The lowest BCUT2D eigenvalue weighted by Gasteiger charge is -2.29. The quantitative estimate of drug-likeness (QED) is 0.202. The number of rotatable bonds is 9. The van der Waals surface area contributed by atoms with Crippen molar-refractivity contribution in [3.63, 3.8) is 0 Å². The monoisotopic (exact) mass is 557 g/mol. The number of alkyl halides is 1. The van der Waals surface area contributed by atoms with Crippen LogP contribution in [0.3, 0.4) is 0 Å². The Kier molecular flexibility index (Phi) is 7.34. The zero-order valence-electron chi connectivity index (χ0n) is 20.7. The van der Waals surface area contributed by atoms with Crippen LogP contribution in [0.5, 0.6) is 11.8 Å². The van der Waals surface area contributed by atoms with Gasteiger partial charge in [-0.15, -0.1) is 0 Å². The lowest BCUT2D eigenvalue weighted by Crippen LogP contribution is -2.43. The minimum Gasteiger partial charge on any atom is -0.494 e. The van der Waals surface area contributed by atoms with E-state index in [0.29, 0.717) is 11.1 Å². The van der Waals surface area contributed by atoms with Gasteiger partial charge in [-0.1, -0.05) is 28.1 Å². The summed E-state index contributed by atoms with van der Waals surface area (Å²) in [5.41, 5.74) is -1.26. The molecule has 35 heavy (non-hydrogen) atoms. The molecule has 3 rings (SSSR count). The maximum Gasteiger partial charge on any atom is 0.322 e. The molecule has 2 N–H and O–H groups in total. The van der Waals surface area contributed by atoms with Gasteiger partial charge in [-0.05, 0) is 41.5 Å². The Morgan fingerprint density at radius 3 is 1.83 bits per heavy atom. The molecule has 0 saturated carbocycles. The summed E-state index contributed by atoms with van der Waals surface area (Å²) in [6.45, 7) is 8.75. The molecular formula is C24H32BrNO9. The molecule has 194 valence electrons. The first-order valence-corrected chi connectivity index (χ1v) is 12.0. The van der Waals surface area contributed by atoms with Crippen molar-refractivity contribution in [3.05, 3.63) is 23.3 Å². The van der Waals surface area contributed by atoms with Crippen molar-refractivity contribution in [3.8, 4) is 11.8 Å². The van der Waals surface area contributed by atoms with Gasteiger partial charge in [0.1, 0.15) is 41.8 Å². The molecule has 0 aromatic carbocycles. The molecular weight excluding hydrogens is 526 g/mol. The maximum absolute atomic E-state index is 13.0. The molecule has 10 nitrogen and oxygen atoms in total. The number of carbonyl (C=O) groups excluding carboxylic acids is 3. The number of halogens is 1. The summed E-state index contributed by atoms with van der Waals surface area (Å²) in [5.74, 6) is -2.18. The first kappa shape index (κ1) is 27.1. The van der Waals surface area contributed by atoms with E-state index in [2.05, 4.69) is 15.9 Å². The van der Waals surface area contributed by atoms with Crippen molar-refractivity contribution in [2.24, 2.45) is 10.8 Å². The van der Waals surface area contributed by atoms with E-state index < -0.39 is 45.3 Å². The van der Waals surface area contributed by atoms with Crippen LogP contribution >= 0.6 is 15.9 Å². The molecule has 2 aliphatic heterocycles. The maximum atomic E-state index is 13.0. The Labute approximate surface area is 212 Å². The fourth-order valence-electron chi connectivity index (χ4n) is 3.59. The highest BCUT2D eigenvalue weighted by Gasteiger charge is 2.43. The molecule has 0 amide bonds. The fourth-order valence-corrected chi connectivity index (χ4v) is 3.70.